The van der Waals surface area contributed by atoms with E-state index in [2.05, 4.69) is 45.7 Å². The van der Waals surface area contributed by atoms with Gasteiger partial charge in [0.25, 0.3) is 5.91 Å². The highest BCUT2D eigenvalue weighted by Crippen LogP contribution is 2.45. The molecule has 0 bridgehead atoms. The van der Waals surface area contributed by atoms with Crippen molar-refractivity contribution in [3.8, 4) is 22.6 Å². The fraction of sp³-hybridized carbons (Fsp3) is 0.304. The van der Waals surface area contributed by atoms with Gasteiger partial charge in [0.15, 0.2) is 12.6 Å². The molecule has 3 amide bonds. The maximum atomic E-state index is 14.3. The average Bonchev–Trinajstić information content (AvgIpc) is 3.36. The van der Waals surface area contributed by atoms with Crippen LogP contribution in [0.4, 0.5) is 0 Å². The van der Waals surface area contributed by atoms with Crippen molar-refractivity contribution in [1.82, 2.24) is 16.0 Å². The number of hydrogen-bond acceptors (Lipinski definition) is 9. The fourth-order valence-corrected chi connectivity index (χ4v) is 8.18. The predicted molar refractivity (Wildman–Crippen MR) is 277 cm³/mol. The van der Waals surface area contributed by atoms with Crippen LogP contribution in [0.1, 0.15) is 63.0 Å². The number of aryl methyl sites for hydroxylation is 1. The summed E-state index contributed by atoms with van der Waals surface area (Å²) in [5.41, 5.74) is 20.8. The first-order valence-corrected chi connectivity index (χ1v) is 23.9. The van der Waals surface area contributed by atoms with Gasteiger partial charge in [0.2, 0.25) is 11.8 Å². The van der Waals surface area contributed by atoms with Gasteiger partial charge in [0, 0.05) is 23.7 Å². The van der Waals surface area contributed by atoms with Crippen molar-refractivity contribution in [2.45, 2.75) is 89.1 Å². The Labute approximate surface area is 410 Å². The molecule has 14 nitrogen and oxygen atoms in total. The molecule has 14 heteroatoms. The number of esters is 1. The molecular weight excluding hydrogens is 883 g/mol. The smallest absolute Gasteiger partial charge is 0.329 e. The van der Waals surface area contributed by atoms with E-state index in [0.717, 1.165) is 51.1 Å². The molecule has 0 aromatic heterocycles. The molecule has 0 aliphatic heterocycles. The van der Waals surface area contributed by atoms with Gasteiger partial charge in [-0.3, -0.25) is 19.4 Å². The molecule has 6 aromatic rings. The normalized spacial score (nSPS) is 12.7. The van der Waals surface area contributed by atoms with Gasteiger partial charge in [-0.25, -0.2) is 4.79 Å². The highest BCUT2D eigenvalue weighted by molar-refractivity contribution is 6.10. The minimum absolute atomic E-state index is 0.00471. The van der Waals surface area contributed by atoms with E-state index in [1.807, 2.05) is 122 Å². The van der Waals surface area contributed by atoms with E-state index >= 15 is 0 Å². The second-order valence-electron chi connectivity index (χ2n) is 17.3. The van der Waals surface area contributed by atoms with Crippen LogP contribution in [0, 0.1) is 0 Å². The zero-order chi connectivity index (χ0) is 49.7. The predicted octanol–water partition coefficient (Wildman–Crippen LogP) is 7.40. The van der Waals surface area contributed by atoms with Gasteiger partial charge < -0.3 is 47.4 Å². The van der Waals surface area contributed by atoms with Gasteiger partial charge in [0.05, 0.1) is 6.61 Å². The van der Waals surface area contributed by atoms with Crippen LogP contribution < -0.4 is 42.6 Å². The van der Waals surface area contributed by atoms with Gasteiger partial charge in [-0.1, -0.05) is 127 Å². The fourth-order valence-electron chi connectivity index (χ4n) is 8.18. The Morgan fingerprint density at radius 3 is 1.77 bits per heavy atom. The van der Waals surface area contributed by atoms with Crippen LogP contribution in [0.2, 0.25) is 0 Å². The second kappa shape index (κ2) is 26.7. The molecule has 0 heterocycles. The van der Waals surface area contributed by atoms with Crippen molar-refractivity contribution in [3.05, 3.63) is 157 Å². The zero-order valence-electron chi connectivity index (χ0n) is 39.8. The lowest BCUT2D eigenvalue weighted by Gasteiger charge is -2.25. The molecule has 0 spiro atoms. The lowest BCUT2D eigenvalue weighted by Crippen LogP contribution is -2.56. The maximum Gasteiger partial charge on any atom is 0.329 e. The number of rotatable bonds is 27. The SMILES string of the molecule is C=CC[C@H](NC(=O)[C@@H](CCCN=C(N)N)NC(=O)[C@@H](CCC[C@H](C)N)NC(=O)COc1ccc2ccccc2c1-c1c(OCCCc2ccccc2)ccc2ccccc12)C(=O)OCc1ccccc1. The summed E-state index contributed by atoms with van der Waals surface area (Å²) in [4.78, 5) is 59.5. The summed E-state index contributed by atoms with van der Waals surface area (Å²) in [6.07, 6.45) is 4.94. The average molecular weight is 948 g/mol. The minimum Gasteiger partial charge on any atom is -0.493 e. The summed E-state index contributed by atoms with van der Waals surface area (Å²) in [6, 6.07) is 39.9. The van der Waals surface area contributed by atoms with Gasteiger partial charge in [-0.05, 0) is 103 Å². The van der Waals surface area contributed by atoms with Crippen molar-refractivity contribution < 1.29 is 33.4 Å². The summed E-state index contributed by atoms with van der Waals surface area (Å²) < 4.78 is 18.6. The molecule has 6 rings (SSSR count). The Bertz CT molecular complexity index is 2710. The molecule has 9 N–H and O–H groups in total. The lowest BCUT2D eigenvalue weighted by atomic mass is 9.92. The summed E-state index contributed by atoms with van der Waals surface area (Å²) in [5.74, 6) is -1.46. The number of nitrogens with zero attached hydrogens (tertiary/aromatic N) is 1. The van der Waals surface area contributed by atoms with Crippen LogP contribution >= 0.6 is 0 Å². The number of amides is 3. The molecule has 0 aliphatic rings. The van der Waals surface area contributed by atoms with Crippen molar-refractivity contribution in [2.24, 2.45) is 22.2 Å². The number of aliphatic imine (C=N–C) groups is 1. The first-order chi connectivity index (χ1) is 34.0. The molecule has 0 unspecified atom stereocenters. The van der Waals surface area contributed by atoms with E-state index in [9.17, 15) is 19.2 Å². The highest BCUT2D eigenvalue weighted by atomic mass is 16.5. The van der Waals surface area contributed by atoms with Crippen molar-refractivity contribution >= 4 is 51.2 Å². The standard InChI is InChI=1S/C56H65N7O7/c1-3-17-47(55(67)70-36-40-21-8-5-9-22-40)63-54(66)46(29-15-34-60-56(58)59)62-53(65)45(28-14-18-38(2)57)61-50(64)37-69-49-33-31-42-25-11-13-27-44(42)52(49)51-43-26-12-10-24-41(43)30-32-48(51)68-35-16-23-39-19-6-4-7-20-39/h3-13,19-22,24-27,30-33,38,45-47H,1,14-18,23,28-29,34-37,57H2,2H3,(H,61,64)(H,62,65)(H,63,66)(H4,58,59,60)/t38-,45+,46+,47-/m0/s1. The Morgan fingerprint density at radius 1 is 0.629 bits per heavy atom. The quantitative estimate of drug-likeness (QED) is 0.00988. The highest BCUT2D eigenvalue weighted by Gasteiger charge is 2.30. The third kappa shape index (κ3) is 15.4. The summed E-state index contributed by atoms with van der Waals surface area (Å²) in [5, 5.41) is 12.3. The molecule has 0 aliphatic carbocycles. The summed E-state index contributed by atoms with van der Waals surface area (Å²) in [6.45, 7) is 5.84. The van der Waals surface area contributed by atoms with Crippen molar-refractivity contribution in [1.29, 1.82) is 0 Å². The third-order valence-electron chi connectivity index (χ3n) is 11.7. The number of benzene rings is 6. The van der Waals surface area contributed by atoms with Crippen LogP contribution in [0.5, 0.6) is 11.5 Å². The largest absolute Gasteiger partial charge is 0.493 e. The Hall–Kier alpha value is -7.71. The molecule has 0 fully saturated rings. The Morgan fingerprint density at radius 2 is 1.17 bits per heavy atom. The van der Waals surface area contributed by atoms with E-state index in [4.69, 9.17) is 31.4 Å². The van der Waals surface area contributed by atoms with Gasteiger partial charge >= 0.3 is 5.97 Å². The molecule has 0 saturated carbocycles. The third-order valence-corrected chi connectivity index (χ3v) is 11.7. The maximum absolute atomic E-state index is 14.3. The number of nitrogens with one attached hydrogen (secondary N) is 3. The Balaban J connectivity index is 1.21. The van der Waals surface area contributed by atoms with Gasteiger partial charge in [0.1, 0.15) is 36.2 Å². The minimum atomic E-state index is -1.14. The van der Waals surface area contributed by atoms with E-state index in [1.54, 1.807) is 0 Å². The molecule has 4 atom stereocenters. The van der Waals surface area contributed by atoms with E-state index in [-0.39, 0.29) is 44.4 Å². The van der Waals surface area contributed by atoms with E-state index < -0.39 is 48.4 Å². The number of carbonyl (C=O) groups is 4. The van der Waals surface area contributed by atoms with Crippen LogP contribution in [0.25, 0.3) is 32.7 Å². The van der Waals surface area contributed by atoms with Gasteiger partial charge in [-0.2, -0.15) is 0 Å². The molecule has 0 radical (unpaired) electrons. The number of hydrogen-bond donors (Lipinski definition) is 6. The first-order valence-electron chi connectivity index (χ1n) is 23.9. The second-order valence-corrected chi connectivity index (χ2v) is 17.3. The first kappa shape index (κ1) is 51.7. The molecule has 70 heavy (non-hydrogen) atoms. The van der Waals surface area contributed by atoms with Crippen LogP contribution in [0.3, 0.4) is 0 Å². The number of ether oxygens (including phenoxy) is 3. The summed E-state index contributed by atoms with van der Waals surface area (Å²) >= 11 is 0. The van der Waals surface area contributed by atoms with Crippen molar-refractivity contribution in [3.63, 3.8) is 0 Å². The van der Waals surface area contributed by atoms with Crippen LogP contribution in [-0.4, -0.2) is 73.6 Å². The molecule has 6 aromatic carbocycles. The monoisotopic (exact) mass is 947 g/mol. The van der Waals surface area contributed by atoms with Crippen LogP contribution in [0.15, 0.2) is 151 Å². The molecule has 366 valence electrons. The topological polar surface area (TPSA) is 222 Å². The van der Waals surface area contributed by atoms with E-state index in [1.165, 1.54) is 11.6 Å². The van der Waals surface area contributed by atoms with Gasteiger partial charge in [-0.15, -0.1) is 6.58 Å². The van der Waals surface area contributed by atoms with Crippen LogP contribution in [-0.2, 0) is 36.9 Å². The molecular formula is C56H65N7O7. The Kier molecular flexibility index (Phi) is 19.7. The number of nitrogens with two attached hydrogens (primary N) is 3. The molecule has 0 saturated heterocycles. The number of carbonyl (C=O) groups excluding carboxylic acids is 4. The number of guanidine groups is 1. The van der Waals surface area contributed by atoms with Crippen molar-refractivity contribution in [2.75, 3.05) is 19.8 Å². The zero-order valence-corrected chi connectivity index (χ0v) is 39.8. The lowest BCUT2D eigenvalue weighted by molar-refractivity contribution is -0.149. The van der Waals surface area contributed by atoms with E-state index in [0.29, 0.717) is 37.4 Å². The number of fused-ring (bicyclic) bond motifs is 2. The summed E-state index contributed by atoms with van der Waals surface area (Å²) in [7, 11) is 0.